The number of para-hydroxylation sites is 1. The van der Waals surface area contributed by atoms with E-state index < -0.39 is 24.0 Å². The zero-order valence-electron chi connectivity index (χ0n) is 18.9. The number of phenolic OH excluding ortho intramolecular Hbond substituents is 1. The molecule has 0 aromatic heterocycles. The molecular formula is C28H22N2O5. The Morgan fingerprint density at radius 2 is 1.60 bits per heavy atom. The number of hydrogen-bond donors (Lipinski definition) is 1. The summed E-state index contributed by atoms with van der Waals surface area (Å²) < 4.78 is 5.31. The summed E-state index contributed by atoms with van der Waals surface area (Å²) >= 11 is 0. The van der Waals surface area contributed by atoms with Gasteiger partial charge in [-0.05, 0) is 41.3 Å². The lowest BCUT2D eigenvalue weighted by molar-refractivity contribution is -0.126. The van der Waals surface area contributed by atoms with Crippen LogP contribution in [0.4, 0.5) is 11.4 Å². The fourth-order valence-electron chi connectivity index (χ4n) is 5.07. The molecule has 174 valence electrons. The summed E-state index contributed by atoms with van der Waals surface area (Å²) in [6.07, 6.45) is -0.980. The van der Waals surface area contributed by atoms with Crippen LogP contribution in [0.1, 0.15) is 11.6 Å². The number of fused-ring (bicyclic) bond motifs is 2. The number of phenols is 1. The number of imide groups is 1. The molecule has 2 aliphatic heterocycles. The van der Waals surface area contributed by atoms with Crippen molar-refractivity contribution in [3.05, 3.63) is 96.6 Å². The molecule has 2 heterocycles. The third-order valence-corrected chi connectivity index (χ3v) is 6.68. The first-order valence-corrected chi connectivity index (χ1v) is 11.3. The van der Waals surface area contributed by atoms with Crippen molar-refractivity contribution in [2.45, 2.75) is 12.1 Å². The fourth-order valence-corrected chi connectivity index (χ4v) is 5.07. The second kappa shape index (κ2) is 8.14. The highest BCUT2D eigenvalue weighted by molar-refractivity contribution is 6.26. The molecule has 6 rings (SSSR count). The van der Waals surface area contributed by atoms with Gasteiger partial charge in [-0.25, -0.2) is 9.96 Å². The second-order valence-electron chi connectivity index (χ2n) is 8.60. The van der Waals surface area contributed by atoms with Gasteiger partial charge in [0.1, 0.15) is 5.92 Å². The molecule has 0 bridgehead atoms. The van der Waals surface area contributed by atoms with Crippen LogP contribution in [-0.4, -0.2) is 30.1 Å². The molecule has 0 unspecified atom stereocenters. The smallest absolute Gasteiger partial charge is 0.266 e. The minimum atomic E-state index is -0.980. The summed E-state index contributed by atoms with van der Waals surface area (Å²) in [4.78, 5) is 35.1. The maximum absolute atomic E-state index is 13.9. The molecule has 35 heavy (non-hydrogen) atoms. The first-order chi connectivity index (χ1) is 17.1. The van der Waals surface area contributed by atoms with Gasteiger partial charge in [-0.3, -0.25) is 14.4 Å². The van der Waals surface area contributed by atoms with Gasteiger partial charge in [0, 0.05) is 5.39 Å². The molecular weight excluding hydrogens is 444 g/mol. The largest absolute Gasteiger partial charge is 0.504 e. The zero-order chi connectivity index (χ0) is 24.1. The Balaban J connectivity index is 1.48. The number of aromatic hydroxyl groups is 1. The normalized spacial score (nSPS) is 21.6. The van der Waals surface area contributed by atoms with E-state index in [9.17, 15) is 14.7 Å². The van der Waals surface area contributed by atoms with Gasteiger partial charge in [-0.1, -0.05) is 60.7 Å². The Labute approximate surface area is 201 Å². The topological polar surface area (TPSA) is 79.3 Å². The van der Waals surface area contributed by atoms with E-state index in [4.69, 9.17) is 9.57 Å². The van der Waals surface area contributed by atoms with E-state index >= 15 is 0 Å². The van der Waals surface area contributed by atoms with Crippen LogP contribution >= 0.6 is 0 Å². The quantitative estimate of drug-likeness (QED) is 0.443. The number of rotatable bonds is 4. The molecule has 4 aromatic rings. The number of ether oxygens (including phenoxy) is 1. The molecule has 2 amide bonds. The highest BCUT2D eigenvalue weighted by Gasteiger charge is 2.60. The van der Waals surface area contributed by atoms with Crippen molar-refractivity contribution < 1.29 is 24.3 Å². The summed E-state index contributed by atoms with van der Waals surface area (Å²) in [6, 6.07) is 26.9. The molecule has 1 N–H and O–H groups in total. The molecule has 0 spiro atoms. The van der Waals surface area contributed by atoms with Crippen LogP contribution < -0.4 is 14.7 Å². The van der Waals surface area contributed by atoms with Crippen LogP contribution in [0, 0.1) is 5.92 Å². The Bertz CT molecular complexity index is 1450. The number of methoxy groups -OCH3 is 1. The van der Waals surface area contributed by atoms with Gasteiger partial charge < -0.3 is 9.84 Å². The predicted octanol–water partition coefficient (Wildman–Crippen LogP) is 4.61. The van der Waals surface area contributed by atoms with Crippen molar-refractivity contribution in [2.75, 3.05) is 17.1 Å². The molecule has 0 radical (unpaired) electrons. The summed E-state index contributed by atoms with van der Waals surface area (Å²) in [5, 5.41) is 13.5. The predicted molar refractivity (Wildman–Crippen MR) is 131 cm³/mol. The molecule has 2 saturated heterocycles. The van der Waals surface area contributed by atoms with Crippen LogP contribution in [-0.2, 0) is 14.4 Å². The van der Waals surface area contributed by atoms with Gasteiger partial charge in [-0.15, -0.1) is 0 Å². The first-order valence-electron chi connectivity index (χ1n) is 11.3. The van der Waals surface area contributed by atoms with Gasteiger partial charge in [0.05, 0.1) is 24.5 Å². The van der Waals surface area contributed by atoms with Crippen LogP contribution in [0.2, 0.25) is 0 Å². The van der Waals surface area contributed by atoms with Crippen molar-refractivity contribution in [3.8, 4) is 11.5 Å². The van der Waals surface area contributed by atoms with Crippen molar-refractivity contribution in [3.63, 3.8) is 0 Å². The van der Waals surface area contributed by atoms with Gasteiger partial charge in [-0.2, -0.15) is 0 Å². The molecule has 0 saturated carbocycles. The molecule has 4 aromatic carbocycles. The molecule has 0 aliphatic carbocycles. The minimum Gasteiger partial charge on any atom is -0.504 e. The van der Waals surface area contributed by atoms with E-state index in [0.717, 1.165) is 16.5 Å². The third-order valence-electron chi connectivity index (χ3n) is 6.68. The number of benzene rings is 4. The van der Waals surface area contributed by atoms with E-state index in [1.807, 2.05) is 66.7 Å². The molecule has 2 aliphatic rings. The second-order valence-corrected chi connectivity index (χ2v) is 8.60. The average molecular weight is 466 g/mol. The minimum absolute atomic E-state index is 0.0100. The van der Waals surface area contributed by atoms with Crippen LogP contribution in [0.25, 0.3) is 10.8 Å². The Hall–Kier alpha value is -4.36. The van der Waals surface area contributed by atoms with E-state index in [-0.39, 0.29) is 17.4 Å². The van der Waals surface area contributed by atoms with E-state index in [2.05, 4.69) is 0 Å². The molecule has 7 heteroatoms. The zero-order valence-corrected chi connectivity index (χ0v) is 18.9. The van der Waals surface area contributed by atoms with Crippen molar-refractivity contribution in [1.82, 2.24) is 0 Å². The lowest BCUT2D eigenvalue weighted by Gasteiger charge is -2.29. The maximum atomic E-state index is 13.9. The van der Waals surface area contributed by atoms with Crippen molar-refractivity contribution in [1.29, 1.82) is 0 Å². The van der Waals surface area contributed by atoms with Gasteiger partial charge in [0.15, 0.2) is 17.6 Å². The number of amides is 2. The highest BCUT2D eigenvalue weighted by Crippen LogP contribution is 2.49. The summed E-state index contributed by atoms with van der Waals surface area (Å²) in [6.45, 7) is 0. The lowest BCUT2D eigenvalue weighted by Crippen LogP contribution is -2.37. The van der Waals surface area contributed by atoms with Gasteiger partial charge >= 0.3 is 0 Å². The third kappa shape index (κ3) is 3.24. The molecule has 2 fully saturated rings. The summed E-state index contributed by atoms with van der Waals surface area (Å²) in [5.41, 5.74) is 1.96. The fraction of sp³-hybridized carbons (Fsp3) is 0.143. The number of nitrogens with zero attached hydrogens (tertiary/aromatic N) is 2. The number of hydroxylamine groups is 1. The standard InChI is InChI=1S/C28H22N2O5/c1-34-23-16-18(14-15-22(23)31)25-24-26(35-30(25)19-10-3-2-4-11-19)28(33)29(27(24)32)21-13-7-9-17-8-5-6-12-20(17)21/h2-16,24-26,31H,1H3/t24-,25+,26-/m0/s1. The van der Waals surface area contributed by atoms with Crippen LogP contribution in [0.3, 0.4) is 0 Å². The van der Waals surface area contributed by atoms with Gasteiger partial charge in [0.25, 0.3) is 5.91 Å². The lowest BCUT2D eigenvalue weighted by atomic mass is 9.90. The number of hydrogen-bond acceptors (Lipinski definition) is 6. The maximum Gasteiger partial charge on any atom is 0.266 e. The first kappa shape index (κ1) is 21.2. The highest BCUT2D eigenvalue weighted by atomic mass is 16.7. The Kier molecular flexibility index (Phi) is 4.93. The summed E-state index contributed by atoms with van der Waals surface area (Å²) in [7, 11) is 1.47. The summed E-state index contributed by atoms with van der Waals surface area (Å²) in [5.74, 6) is -1.24. The molecule has 3 atom stereocenters. The molecule has 7 nitrogen and oxygen atoms in total. The average Bonchev–Trinajstić information content (AvgIpc) is 3.40. The van der Waals surface area contributed by atoms with Gasteiger partial charge in [0.2, 0.25) is 5.91 Å². The van der Waals surface area contributed by atoms with Crippen LogP contribution in [0.5, 0.6) is 11.5 Å². The van der Waals surface area contributed by atoms with Crippen molar-refractivity contribution in [2.24, 2.45) is 5.92 Å². The SMILES string of the molecule is COc1cc([C@@H]2[C@@H]3C(=O)N(c4cccc5ccccc45)C(=O)[C@H]3ON2c2ccccc2)ccc1O. The Morgan fingerprint density at radius 1 is 0.857 bits per heavy atom. The number of anilines is 2. The van der Waals surface area contributed by atoms with Crippen LogP contribution in [0.15, 0.2) is 91.0 Å². The number of carbonyl (C=O) groups is 2. The van der Waals surface area contributed by atoms with E-state index in [0.29, 0.717) is 11.3 Å². The monoisotopic (exact) mass is 466 g/mol. The van der Waals surface area contributed by atoms with E-state index in [1.165, 1.54) is 18.1 Å². The van der Waals surface area contributed by atoms with E-state index in [1.54, 1.807) is 23.3 Å². The Morgan fingerprint density at radius 3 is 2.40 bits per heavy atom. The van der Waals surface area contributed by atoms with Crippen molar-refractivity contribution >= 4 is 34.0 Å². The number of carbonyl (C=O) groups excluding carboxylic acids is 2.